The second-order valence-electron chi connectivity index (χ2n) is 4.06. The summed E-state index contributed by atoms with van der Waals surface area (Å²) in [6, 6.07) is 0. The lowest BCUT2D eigenvalue weighted by Gasteiger charge is -2.39. The largest absolute Gasteiger partial charge is 0.374 e. The lowest BCUT2D eigenvalue weighted by atomic mass is 9.79. The fourth-order valence-corrected chi connectivity index (χ4v) is 2.40. The molecule has 1 saturated heterocycles. The lowest BCUT2D eigenvalue weighted by Crippen LogP contribution is -2.41. The number of ketones is 1. The standard InChI is InChI=1S/C10H16O2/c11-9-4-7-12-10(8-9)5-2-1-3-6-10/h1-8H2. The smallest absolute Gasteiger partial charge is 0.138 e. The van der Waals surface area contributed by atoms with Gasteiger partial charge < -0.3 is 4.74 Å². The molecule has 1 spiro atoms. The van der Waals surface area contributed by atoms with Gasteiger partial charge in [-0.2, -0.15) is 0 Å². The molecule has 0 N–H and O–H groups in total. The molecule has 68 valence electrons. The minimum atomic E-state index is -0.0203. The molecule has 0 aromatic rings. The van der Waals surface area contributed by atoms with Crippen LogP contribution in [0.5, 0.6) is 0 Å². The summed E-state index contributed by atoms with van der Waals surface area (Å²) in [4.78, 5) is 11.3. The topological polar surface area (TPSA) is 26.3 Å². The molecular weight excluding hydrogens is 152 g/mol. The van der Waals surface area contributed by atoms with Gasteiger partial charge >= 0.3 is 0 Å². The molecule has 1 saturated carbocycles. The monoisotopic (exact) mass is 168 g/mol. The summed E-state index contributed by atoms with van der Waals surface area (Å²) < 4.78 is 5.76. The SMILES string of the molecule is O=C1CCOC2(CCCCC2)C1. The summed E-state index contributed by atoms with van der Waals surface area (Å²) in [6.45, 7) is 0.666. The highest BCUT2D eigenvalue weighted by Gasteiger charge is 2.37. The highest BCUT2D eigenvalue weighted by atomic mass is 16.5. The first-order valence-corrected chi connectivity index (χ1v) is 4.96. The van der Waals surface area contributed by atoms with Gasteiger partial charge in [0.25, 0.3) is 0 Å². The van der Waals surface area contributed by atoms with E-state index in [4.69, 9.17) is 4.74 Å². The van der Waals surface area contributed by atoms with Crippen LogP contribution in [0.2, 0.25) is 0 Å². The summed E-state index contributed by atoms with van der Waals surface area (Å²) in [5.41, 5.74) is -0.0203. The maximum Gasteiger partial charge on any atom is 0.138 e. The van der Waals surface area contributed by atoms with Gasteiger partial charge in [-0.1, -0.05) is 19.3 Å². The van der Waals surface area contributed by atoms with Crippen molar-refractivity contribution in [3.63, 3.8) is 0 Å². The summed E-state index contributed by atoms with van der Waals surface area (Å²) >= 11 is 0. The number of ether oxygens (including phenoxy) is 1. The summed E-state index contributed by atoms with van der Waals surface area (Å²) in [7, 11) is 0. The predicted octanol–water partition coefficient (Wildman–Crippen LogP) is 2.07. The first kappa shape index (κ1) is 8.24. The van der Waals surface area contributed by atoms with Crippen molar-refractivity contribution in [2.75, 3.05) is 6.61 Å². The number of rotatable bonds is 0. The van der Waals surface area contributed by atoms with Crippen LogP contribution in [0.3, 0.4) is 0 Å². The van der Waals surface area contributed by atoms with E-state index >= 15 is 0 Å². The van der Waals surface area contributed by atoms with Crippen LogP contribution in [0.25, 0.3) is 0 Å². The molecule has 2 aliphatic rings. The molecule has 0 aromatic heterocycles. The number of hydrogen-bond acceptors (Lipinski definition) is 2. The van der Waals surface area contributed by atoms with Gasteiger partial charge in [-0.05, 0) is 12.8 Å². The molecule has 1 aliphatic heterocycles. The number of hydrogen-bond donors (Lipinski definition) is 0. The zero-order valence-corrected chi connectivity index (χ0v) is 7.47. The molecule has 0 aromatic carbocycles. The molecule has 0 unspecified atom stereocenters. The molecule has 0 amide bonds. The van der Waals surface area contributed by atoms with E-state index in [0.29, 0.717) is 25.2 Å². The molecule has 2 nitrogen and oxygen atoms in total. The number of Topliss-reactive ketones (excluding diaryl/α,β-unsaturated/α-hetero) is 1. The summed E-state index contributed by atoms with van der Waals surface area (Å²) in [6.07, 6.45) is 7.35. The van der Waals surface area contributed by atoms with Crippen molar-refractivity contribution in [3.8, 4) is 0 Å². The van der Waals surface area contributed by atoms with Gasteiger partial charge in [-0.25, -0.2) is 0 Å². The van der Waals surface area contributed by atoms with Crippen molar-refractivity contribution >= 4 is 5.78 Å². The van der Waals surface area contributed by atoms with Crippen LogP contribution >= 0.6 is 0 Å². The molecule has 2 rings (SSSR count). The molecular formula is C10H16O2. The maximum absolute atomic E-state index is 11.3. The molecule has 0 radical (unpaired) electrons. The summed E-state index contributed by atoms with van der Waals surface area (Å²) in [5.74, 6) is 0.406. The minimum absolute atomic E-state index is 0.0203. The maximum atomic E-state index is 11.3. The molecule has 0 atom stereocenters. The lowest BCUT2D eigenvalue weighted by molar-refractivity contribution is -0.144. The third-order valence-electron chi connectivity index (χ3n) is 3.07. The van der Waals surface area contributed by atoms with E-state index in [1.165, 1.54) is 19.3 Å². The first-order chi connectivity index (χ1) is 5.81. The number of carbonyl (C=O) groups excluding carboxylic acids is 1. The predicted molar refractivity (Wildman–Crippen MR) is 46.0 cm³/mol. The van der Waals surface area contributed by atoms with E-state index in [-0.39, 0.29) is 5.60 Å². The third kappa shape index (κ3) is 1.53. The number of carbonyl (C=O) groups is 1. The van der Waals surface area contributed by atoms with E-state index in [2.05, 4.69) is 0 Å². The molecule has 1 heterocycles. The molecule has 2 heteroatoms. The normalized spacial score (nSPS) is 29.2. The van der Waals surface area contributed by atoms with Crippen LogP contribution in [-0.4, -0.2) is 18.0 Å². The van der Waals surface area contributed by atoms with Crippen molar-refractivity contribution < 1.29 is 9.53 Å². The average molecular weight is 168 g/mol. The quantitative estimate of drug-likeness (QED) is 0.553. The van der Waals surface area contributed by atoms with Gasteiger partial charge in [-0.3, -0.25) is 4.79 Å². The Balaban J connectivity index is 2.02. The van der Waals surface area contributed by atoms with Crippen LogP contribution < -0.4 is 0 Å². The second-order valence-corrected chi connectivity index (χ2v) is 4.06. The molecule has 0 bridgehead atoms. The van der Waals surface area contributed by atoms with Gasteiger partial charge in [-0.15, -0.1) is 0 Å². The Morgan fingerprint density at radius 2 is 1.92 bits per heavy atom. The van der Waals surface area contributed by atoms with Crippen LogP contribution in [0, 0.1) is 0 Å². The first-order valence-electron chi connectivity index (χ1n) is 4.96. The summed E-state index contributed by atoms with van der Waals surface area (Å²) in [5, 5.41) is 0. The van der Waals surface area contributed by atoms with Crippen LogP contribution in [0.15, 0.2) is 0 Å². The Labute approximate surface area is 73.3 Å². The zero-order valence-electron chi connectivity index (χ0n) is 7.47. The van der Waals surface area contributed by atoms with Crippen LogP contribution in [0.1, 0.15) is 44.9 Å². The van der Waals surface area contributed by atoms with Crippen molar-refractivity contribution in [3.05, 3.63) is 0 Å². The van der Waals surface area contributed by atoms with Crippen molar-refractivity contribution in [2.24, 2.45) is 0 Å². The average Bonchev–Trinajstić information content (AvgIpc) is 2.05. The second kappa shape index (κ2) is 3.17. The van der Waals surface area contributed by atoms with E-state index in [1.54, 1.807) is 0 Å². The van der Waals surface area contributed by atoms with E-state index in [9.17, 15) is 4.79 Å². The van der Waals surface area contributed by atoms with Crippen LogP contribution in [0.4, 0.5) is 0 Å². The Hall–Kier alpha value is -0.370. The van der Waals surface area contributed by atoms with Crippen molar-refractivity contribution in [1.29, 1.82) is 0 Å². The van der Waals surface area contributed by atoms with E-state index in [1.807, 2.05) is 0 Å². The fraction of sp³-hybridized carbons (Fsp3) is 0.900. The van der Waals surface area contributed by atoms with Gasteiger partial charge in [0, 0.05) is 12.8 Å². The van der Waals surface area contributed by atoms with Gasteiger partial charge in [0.1, 0.15) is 5.78 Å². The Morgan fingerprint density at radius 1 is 1.17 bits per heavy atom. The van der Waals surface area contributed by atoms with E-state index < -0.39 is 0 Å². The van der Waals surface area contributed by atoms with Gasteiger partial charge in [0.05, 0.1) is 12.2 Å². The fourth-order valence-electron chi connectivity index (χ4n) is 2.40. The third-order valence-corrected chi connectivity index (χ3v) is 3.07. The zero-order chi connectivity index (χ0) is 8.44. The van der Waals surface area contributed by atoms with Gasteiger partial charge in [0.15, 0.2) is 0 Å². The Kier molecular flexibility index (Phi) is 2.18. The highest BCUT2D eigenvalue weighted by Crippen LogP contribution is 2.37. The Morgan fingerprint density at radius 3 is 2.58 bits per heavy atom. The van der Waals surface area contributed by atoms with Crippen molar-refractivity contribution in [2.45, 2.75) is 50.5 Å². The van der Waals surface area contributed by atoms with Crippen LogP contribution in [-0.2, 0) is 9.53 Å². The van der Waals surface area contributed by atoms with Gasteiger partial charge in [0.2, 0.25) is 0 Å². The van der Waals surface area contributed by atoms with E-state index in [0.717, 1.165) is 12.8 Å². The van der Waals surface area contributed by atoms with Crippen molar-refractivity contribution in [1.82, 2.24) is 0 Å². The molecule has 12 heavy (non-hydrogen) atoms. The highest BCUT2D eigenvalue weighted by molar-refractivity contribution is 5.80. The Bertz CT molecular complexity index is 175. The minimum Gasteiger partial charge on any atom is -0.374 e. The molecule has 1 aliphatic carbocycles. The molecule has 2 fully saturated rings.